The number of hydrogen-bond acceptors (Lipinski definition) is 4. The molecule has 1 unspecified atom stereocenters. The van der Waals surface area contributed by atoms with Crippen molar-refractivity contribution in [2.24, 2.45) is 0 Å². The number of hydrogen-bond donors (Lipinski definition) is 1. The van der Waals surface area contributed by atoms with Gasteiger partial charge < -0.3 is 19.7 Å². The SMILES string of the molecule is CN(C(=O)c1cccc2c1OCCO2)C1CCCNC1. The van der Waals surface area contributed by atoms with Crippen molar-refractivity contribution in [3.8, 4) is 11.5 Å². The maximum Gasteiger partial charge on any atom is 0.257 e. The number of carbonyl (C=O) groups is 1. The van der Waals surface area contributed by atoms with Gasteiger partial charge in [-0.15, -0.1) is 0 Å². The highest BCUT2D eigenvalue weighted by molar-refractivity contribution is 5.98. The summed E-state index contributed by atoms with van der Waals surface area (Å²) >= 11 is 0. The summed E-state index contributed by atoms with van der Waals surface area (Å²) in [5, 5.41) is 3.33. The van der Waals surface area contributed by atoms with Gasteiger partial charge in [-0.2, -0.15) is 0 Å². The maximum absolute atomic E-state index is 12.7. The molecule has 0 saturated carbocycles. The molecule has 5 heteroatoms. The summed E-state index contributed by atoms with van der Waals surface area (Å²) in [5.41, 5.74) is 0.593. The summed E-state index contributed by atoms with van der Waals surface area (Å²) in [4.78, 5) is 14.5. The summed E-state index contributed by atoms with van der Waals surface area (Å²) in [6, 6.07) is 5.74. The van der Waals surface area contributed by atoms with Gasteiger partial charge in [0.15, 0.2) is 11.5 Å². The Morgan fingerprint density at radius 1 is 1.35 bits per heavy atom. The lowest BCUT2D eigenvalue weighted by Crippen LogP contribution is -2.46. The number of amides is 1. The first-order valence-electron chi connectivity index (χ1n) is 7.14. The normalized spacial score (nSPS) is 21.4. The van der Waals surface area contributed by atoms with Gasteiger partial charge in [0.25, 0.3) is 5.91 Å². The molecule has 108 valence electrons. The lowest BCUT2D eigenvalue weighted by atomic mass is 10.0. The van der Waals surface area contributed by atoms with Crippen LogP contribution in [-0.4, -0.2) is 50.2 Å². The van der Waals surface area contributed by atoms with Crippen molar-refractivity contribution in [3.63, 3.8) is 0 Å². The number of ether oxygens (including phenoxy) is 2. The van der Waals surface area contributed by atoms with Crippen molar-refractivity contribution in [3.05, 3.63) is 23.8 Å². The minimum absolute atomic E-state index is 0.000972. The maximum atomic E-state index is 12.7. The van der Waals surface area contributed by atoms with Gasteiger partial charge in [0.2, 0.25) is 0 Å². The second-order valence-corrected chi connectivity index (χ2v) is 5.25. The number of rotatable bonds is 2. The van der Waals surface area contributed by atoms with E-state index in [-0.39, 0.29) is 11.9 Å². The first kappa shape index (κ1) is 13.2. The number of carbonyl (C=O) groups excluding carboxylic acids is 1. The Morgan fingerprint density at radius 3 is 3.00 bits per heavy atom. The van der Waals surface area contributed by atoms with Crippen LogP contribution >= 0.6 is 0 Å². The first-order valence-corrected chi connectivity index (χ1v) is 7.14. The Balaban J connectivity index is 1.83. The van der Waals surface area contributed by atoms with E-state index in [2.05, 4.69) is 5.32 Å². The first-order chi connectivity index (χ1) is 9.77. The summed E-state index contributed by atoms with van der Waals surface area (Å²) < 4.78 is 11.2. The Bertz CT molecular complexity index is 498. The van der Waals surface area contributed by atoms with Crippen LogP contribution in [0.1, 0.15) is 23.2 Å². The van der Waals surface area contributed by atoms with Crippen LogP contribution in [0, 0.1) is 0 Å². The molecule has 5 nitrogen and oxygen atoms in total. The van der Waals surface area contributed by atoms with Crippen molar-refractivity contribution in [2.75, 3.05) is 33.4 Å². The molecule has 1 aromatic rings. The lowest BCUT2D eigenvalue weighted by Gasteiger charge is -2.32. The van der Waals surface area contributed by atoms with E-state index in [1.54, 1.807) is 0 Å². The fourth-order valence-corrected chi connectivity index (χ4v) is 2.76. The molecule has 3 rings (SSSR count). The average Bonchev–Trinajstić information content (AvgIpc) is 2.54. The third-order valence-electron chi connectivity index (χ3n) is 3.94. The van der Waals surface area contributed by atoms with E-state index in [1.165, 1.54) is 0 Å². The van der Waals surface area contributed by atoms with E-state index in [0.29, 0.717) is 30.3 Å². The fourth-order valence-electron chi connectivity index (χ4n) is 2.76. The number of likely N-dealkylation sites (N-methyl/N-ethyl adjacent to an activating group) is 1. The predicted molar refractivity (Wildman–Crippen MR) is 75.4 cm³/mol. The highest BCUT2D eigenvalue weighted by Gasteiger charge is 2.27. The number of nitrogens with one attached hydrogen (secondary N) is 1. The molecule has 0 radical (unpaired) electrons. The molecule has 1 aromatic carbocycles. The van der Waals surface area contributed by atoms with Gasteiger partial charge in [-0.25, -0.2) is 0 Å². The molecule has 0 aliphatic carbocycles. The van der Waals surface area contributed by atoms with Crippen LogP contribution in [0.5, 0.6) is 11.5 Å². The van der Waals surface area contributed by atoms with E-state index in [4.69, 9.17) is 9.47 Å². The topological polar surface area (TPSA) is 50.8 Å². The van der Waals surface area contributed by atoms with Gasteiger partial charge in [-0.3, -0.25) is 4.79 Å². The number of para-hydroxylation sites is 1. The molecule has 0 spiro atoms. The Hall–Kier alpha value is -1.75. The van der Waals surface area contributed by atoms with Crippen molar-refractivity contribution in [1.29, 1.82) is 0 Å². The quantitative estimate of drug-likeness (QED) is 0.884. The van der Waals surface area contributed by atoms with Crippen LogP contribution in [0.3, 0.4) is 0 Å². The van der Waals surface area contributed by atoms with Gasteiger partial charge >= 0.3 is 0 Å². The minimum Gasteiger partial charge on any atom is -0.486 e. The molecule has 20 heavy (non-hydrogen) atoms. The minimum atomic E-state index is 0.000972. The molecule has 0 aromatic heterocycles. The molecule has 1 atom stereocenters. The second kappa shape index (κ2) is 5.71. The van der Waals surface area contributed by atoms with E-state index >= 15 is 0 Å². The van der Waals surface area contributed by atoms with Gasteiger partial charge in [0.05, 0.1) is 5.56 Å². The lowest BCUT2D eigenvalue weighted by molar-refractivity contribution is 0.0698. The molecule has 0 bridgehead atoms. The van der Waals surface area contributed by atoms with Crippen LogP contribution in [0.25, 0.3) is 0 Å². The van der Waals surface area contributed by atoms with Gasteiger partial charge in [-0.1, -0.05) is 6.07 Å². The highest BCUT2D eigenvalue weighted by Crippen LogP contribution is 2.34. The number of piperidine rings is 1. The third kappa shape index (κ3) is 2.45. The van der Waals surface area contributed by atoms with Gasteiger partial charge in [0.1, 0.15) is 13.2 Å². The predicted octanol–water partition coefficient (Wildman–Crippen LogP) is 1.28. The highest BCUT2D eigenvalue weighted by atomic mass is 16.6. The summed E-state index contributed by atoms with van der Waals surface area (Å²) in [6.45, 7) is 2.92. The number of nitrogens with zero attached hydrogens (tertiary/aromatic N) is 1. The molecular weight excluding hydrogens is 256 g/mol. The Kier molecular flexibility index (Phi) is 3.78. The fraction of sp³-hybridized carbons (Fsp3) is 0.533. The van der Waals surface area contributed by atoms with Crippen LogP contribution < -0.4 is 14.8 Å². The Morgan fingerprint density at radius 2 is 2.20 bits per heavy atom. The van der Waals surface area contributed by atoms with Crippen molar-refractivity contribution in [1.82, 2.24) is 10.2 Å². The van der Waals surface area contributed by atoms with Crippen molar-refractivity contribution in [2.45, 2.75) is 18.9 Å². The summed E-state index contributed by atoms with van der Waals surface area (Å²) in [6.07, 6.45) is 2.15. The van der Waals surface area contributed by atoms with Crippen molar-refractivity contribution >= 4 is 5.91 Å². The smallest absolute Gasteiger partial charge is 0.257 e. The summed E-state index contributed by atoms with van der Waals surface area (Å²) in [7, 11) is 1.86. The number of benzene rings is 1. The van der Waals surface area contributed by atoms with Crippen LogP contribution in [-0.2, 0) is 0 Å². The molecule has 1 N–H and O–H groups in total. The molecule has 1 fully saturated rings. The standard InChI is InChI=1S/C15H20N2O3/c1-17(11-4-3-7-16-10-11)15(18)12-5-2-6-13-14(12)20-9-8-19-13/h2,5-6,11,16H,3-4,7-10H2,1H3. The van der Waals surface area contributed by atoms with E-state index < -0.39 is 0 Å². The van der Waals surface area contributed by atoms with Crippen LogP contribution in [0.4, 0.5) is 0 Å². The monoisotopic (exact) mass is 276 g/mol. The molecule has 1 amide bonds. The molecule has 2 heterocycles. The third-order valence-corrected chi connectivity index (χ3v) is 3.94. The molecule has 1 saturated heterocycles. The van der Waals surface area contributed by atoms with E-state index in [0.717, 1.165) is 25.9 Å². The zero-order valence-electron chi connectivity index (χ0n) is 11.7. The molecule has 2 aliphatic heterocycles. The van der Waals surface area contributed by atoms with E-state index in [9.17, 15) is 4.79 Å². The van der Waals surface area contributed by atoms with E-state index in [1.807, 2.05) is 30.1 Å². The number of fused-ring (bicyclic) bond motifs is 1. The van der Waals surface area contributed by atoms with Crippen LogP contribution in [0.15, 0.2) is 18.2 Å². The zero-order valence-corrected chi connectivity index (χ0v) is 11.7. The summed E-state index contributed by atoms with van der Waals surface area (Å²) in [5.74, 6) is 1.25. The van der Waals surface area contributed by atoms with Gasteiger partial charge in [0, 0.05) is 19.6 Å². The van der Waals surface area contributed by atoms with Gasteiger partial charge in [-0.05, 0) is 31.5 Å². The van der Waals surface area contributed by atoms with Crippen molar-refractivity contribution < 1.29 is 14.3 Å². The Labute approximate surface area is 118 Å². The van der Waals surface area contributed by atoms with Crippen LogP contribution in [0.2, 0.25) is 0 Å². The average molecular weight is 276 g/mol. The zero-order chi connectivity index (χ0) is 13.9. The molecular formula is C15H20N2O3. The molecule has 2 aliphatic rings. The largest absolute Gasteiger partial charge is 0.486 e. The second-order valence-electron chi connectivity index (χ2n) is 5.25.